The first-order chi connectivity index (χ1) is 7.83. The Balaban J connectivity index is 1.83. The molecule has 0 aromatic heterocycles. The predicted octanol–water partition coefficient (Wildman–Crippen LogP) is 3.46. The molecule has 2 bridgehead atoms. The van der Waals surface area contributed by atoms with E-state index in [1.807, 2.05) is 6.07 Å². The van der Waals surface area contributed by atoms with Crippen molar-refractivity contribution in [3.8, 4) is 0 Å². The molecule has 1 aromatic carbocycles. The maximum atomic E-state index is 11.8. The standard InChI is InChI=1S/C15H16O/c16-15-13-6-7-14(15)10-12(9-13)8-11-4-2-1-3-5-11/h1-5,8,13-14H,6-7,9-10H2/t13-,14+. The van der Waals surface area contributed by atoms with Crippen molar-refractivity contribution in [1.29, 1.82) is 0 Å². The lowest BCUT2D eigenvalue weighted by molar-refractivity contribution is -0.124. The van der Waals surface area contributed by atoms with Gasteiger partial charge in [-0.15, -0.1) is 0 Å². The molecule has 0 unspecified atom stereocenters. The van der Waals surface area contributed by atoms with E-state index in [0.717, 1.165) is 25.7 Å². The Kier molecular flexibility index (Phi) is 2.39. The van der Waals surface area contributed by atoms with Crippen molar-refractivity contribution in [2.75, 3.05) is 0 Å². The Morgan fingerprint density at radius 1 is 1.00 bits per heavy atom. The zero-order valence-corrected chi connectivity index (χ0v) is 9.36. The SMILES string of the molecule is O=C1[C@@H]2CC[C@H]1CC(=Cc1ccccc1)C2. The molecule has 1 heteroatoms. The molecule has 0 heterocycles. The number of carbonyl (C=O) groups is 1. The van der Waals surface area contributed by atoms with Crippen LogP contribution in [0.1, 0.15) is 31.2 Å². The second kappa shape index (κ2) is 3.89. The van der Waals surface area contributed by atoms with E-state index < -0.39 is 0 Å². The molecular weight excluding hydrogens is 196 g/mol. The molecule has 0 spiro atoms. The van der Waals surface area contributed by atoms with Gasteiger partial charge in [0, 0.05) is 11.8 Å². The van der Waals surface area contributed by atoms with Gasteiger partial charge in [0.25, 0.3) is 0 Å². The lowest BCUT2D eigenvalue weighted by Crippen LogP contribution is -2.20. The summed E-state index contributed by atoms with van der Waals surface area (Å²) in [7, 11) is 0. The fraction of sp³-hybridized carbons (Fsp3) is 0.400. The average Bonchev–Trinajstić information content (AvgIpc) is 2.54. The fourth-order valence-corrected chi connectivity index (χ4v) is 3.04. The lowest BCUT2D eigenvalue weighted by Gasteiger charge is -2.20. The molecule has 1 aromatic rings. The van der Waals surface area contributed by atoms with Gasteiger partial charge in [0.2, 0.25) is 0 Å². The molecule has 0 radical (unpaired) electrons. The van der Waals surface area contributed by atoms with Crippen LogP contribution < -0.4 is 0 Å². The predicted molar refractivity (Wildman–Crippen MR) is 64.9 cm³/mol. The van der Waals surface area contributed by atoms with Gasteiger partial charge in [-0.3, -0.25) is 4.79 Å². The largest absolute Gasteiger partial charge is 0.299 e. The van der Waals surface area contributed by atoms with Crippen molar-refractivity contribution < 1.29 is 4.79 Å². The summed E-state index contributed by atoms with van der Waals surface area (Å²) in [5.41, 5.74) is 2.74. The van der Waals surface area contributed by atoms with Crippen LogP contribution in [0.5, 0.6) is 0 Å². The molecule has 16 heavy (non-hydrogen) atoms. The van der Waals surface area contributed by atoms with Gasteiger partial charge < -0.3 is 0 Å². The molecule has 2 saturated carbocycles. The second-order valence-corrected chi connectivity index (χ2v) is 5.00. The first-order valence-electron chi connectivity index (χ1n) is 6.11. The van der Waals surface area contributed by atoms with E-state index in [-0.39, 0.29) is 0 Å². The van der Waals surface area contributed by atoms with Crippen LogP contribution in [0.2, 0.25) is 0 Å². The Hall–Kier alpha value is -1.37. The van der Waals surface area contributed by atoms with Gasteiger partial charge in [0.15, 0.2) is 0 Å². The van der Waals surface area contributed by atoms with Gasteiger partial charge in [-0.1, -0.05) is 42.0 Å². The van der Waals surface area contributed by atoms with Crippen LogP contribution >= 0.6 is 0 Å². The number of allylic oxidation sites excluding steroid dienone is 1. The van der Waals surface area contributed by atoms with Crippen LogP contribution in [0.3, 0.4) is 0 Å². The normalized spacial score (nSPS) is 31.0. The summed E-state index contributed by atoms with van der Waals surface area (Å²) in [5.74, 6) is 1.22. The molecule has 2 aliphatic carbocycles. The molecule has 2 atom stereocenters. The highest BCUT2D eigenvalue weighted by Gasteiger charge is 2.38. The van der Waals surface area contributed by atoms with E-state index in [0.29, 0.717) is 17.6 Å². The second-order valence-electron chi connectivity index (χ2n) is 5.00. The van der Waals surface area contributed by atoms with Crippen molar-refractivity contribution in [3.05, 3.63) is 41.5 Å². The maximum absolute atomic E-state index is 11.8. The van der Waals surface area contributed by atoms with Crippen LogP contribution in [-0.2, 0) is 4.79 Å². The average molecular weight is 212 g/mol. The van der Waals surface area contributed by atoms with Gasteiger partial charge in [0.1, 0.15) is 5.78 Å². The third kappa shape index (κ3) is 1.71. The van der Waals surface area contributed by atoms with Gasteiger partial charge in [-0.25, -0.2) is 0 Å². The Bertz CT molecular complexity index is 412. The zero-order chi connectivity index (χ0) is 11.0. The van der Waals surface area contributed by atoms with Crippen LogP contribution in [0.15, 0.2) is 35.9 Å². The Morgan fingerprint density at radius 2 is 1.62 bits per heavy atom. The molecule has 0 amide bonds. The number of benzene rings is 1. The van der Waals surface area contributed by atoms with Gasteiger partial charge in [-0.2, -0.15) is 0 Å². The fourth-order valence-electron chi connectivity index (χ4n) is 3.04. The molecule has 3 rings (SSSR count). The highest BCUT2D eigenvalue weighted by Crippen LogP contribution is 2.42. The van der Waals surface area contributed by atoms with Crippen molar-refractivity contribution in [1.82, 2.24) is 0 Å². The molecule has 1 nitrogen and oxygen atoms in total. The maximum Gasteiger partial charge on any atom is 0.139 e. The number of hydrogen-bond acceptors (Lipinski definition) is 1. The van der Waals surface area contributed by atoms with Crippen molar-refractivity contribution in [2.45, 2.75) is 25.7 Å². The molecule has 0 saturated heterocycles. The monoisotopic (exact) mass is 212 g/mol. The number of fused-ring (bicyclic) bond motifs is 2. The number of Topliss-reactive ketones (excluding diaryl/α,β-unsaturated/α-hetero) is 1. The number of rotatable bonds is 1. The van der Waals surface area contributed by atoms with E-state index in [9.17, 15) is 4.79 Å². The summed E-state index contributed by atoms with van der Waals surface area (Å²) in [5, 5.41) is 0. The smallest absolute Gasteiger partial charge is 0.139 e. The zero-order valence-electron chi connectivity index (χ0n) is 9.36. The topological polar surface area (TPSA) is 17.1 Å². The summed E-state index contributed by atoms with van der Waals surface area (Å²) in [4.78, 5) is 11.8. The van der Waals surface area contributed by atoms with E-state index in [1.54, 1.807) is 0 Å². The highest BCUT2D eigenvalue weighted by molar-refractivity contribution is 5.87. The van der Waals surface area contributed by atoms with Crippen LogP contribution in [-0.4, -0.2) is 5.78 Å². The Labute approximate surface area is 96.2 Å². The highest BCUT2D eigenvalue weighted by atomic mass is 16.1. The Morgan fingerprint density at radius 3 is 2.25 bits per heavy atom. The number of ketones is 1. The summed E-state index contributed by atoms with van der Waals surface area (Å²) in [6.45, 7) is 0. The molecular formula is C15H16O. The van der Waals surface area contributed by atoms with Gasteiger partial charge in [-0.05, 0) is 31.2 Å². The van der Waals surface area contributed by atoms with Gasteiger partial charge in [0.05, 0.1) is 0 Å². The van der Waals surface area contributed by atoms with Crippen molar-refractivity contribution in [2.24, 2.45) is 11.8 Å². The quantitative estimate of drug-likeness (QED) is 0.696. The van der Waals surface area contributed by atoms with Crippen molar-refractivity contribution in [3.63, 3.8) is 0 Å². The molecule has 2 fully saturated rings. The molecule has 0 aliphatic heterocycles. The minimum Gasteiger partial charge on any atom is -0.299 e. The minimum atomic E-state index is 0.341. The lowest BCUT2D eigenvalue weighted by atomic mass is 9.83. The van der Waals surface area contributed by atoms with Gasteiger partial charge >= 0.3 is 0 Å². The summed E-state index contributed by atoms with van der Waals surface area (Å²) in [6.07, 6.45) is 6.53. The molecule has 82 valence electrons. The van der Waals surface area contributed by atoms with Crippen molar-refractivity contribution >= 4 is 11.9 Å². The molecule has 2 aliphatic rings. The van der Waals surface area contributed by atoms with E-state index in [4.69, 9.17) is 0 Å². The first-order valence-corrected chi connectivity index (χ1v) is 6.11. The third-order valence-corrected chi connectivity index (χ3v) is 3.86. The van der Waals surface area contributed by atoms with E-state index in [1.165, 1.54) is 11.1 Å². The summed E-state index contributed by atoms with van der Waals surface area (Å²) < 4.78 is 0. The number of hydrogen-bond donors (Lipinski definition) is 0. The first kappa shape index (κ1) is 9.83. The van der Waals surface area contributed by atoms with E-state index >= 15 is 0 Å². The number of carbonyl (C=O) groups excluding carboxylic acids is 1. The molecule has 0 N–H and O–H groups in total. The van der Waals surface area contributed by atoms with Crippen LogP contribution in [0.4, 0.5) is 0 Å². The van der Waals surface area contributed by atoms with Crippen LogP contribution in [0, 0.1) is 11.8 Å². The van der Waals surface area contributed by atoms with E-state index in [2.05, 4.69) is 30.3 Å². The summed E-state index contributed by atoms with van der Waals surface area (Å²) >= 11 is 0. The minimum absolute atomic E-state index is 0.341. The third-order valence-electron chi connectivity index (χ3n) is 3.86. The summed E-state index contributed by atoms with van der Waals surface area (Å²) in [6, 6.07) is 10.4. The van der Waals surface area contributed by atoms with Crippen LogP contribution in [0.25, 0.3) is 6.08 Å².